The van der Waals surface area contributed by atoms with Gasteiger partial charge in [0.1, 0.15) is 0 Å². The van der Waals surface area contributed by atoms with Crippen LogP contribution >= 0.6 is 0 Å². The lowest BCUT2D eigenvalue weighted by atomic mass is 10.2. The van der Waals surface area contributed by atoms with E-state index in [-0.39, 0.29) is 0 Å². The molecule has 3 rings (SSSR count). The highest BCUT2D eigenvalue weighted by atomic mass is 15.3. The molecule has 2 aromatic heterocycles. The molecule has 0 unspecified atom stereocenters. The van der Waals surface area contributed by atoms with Crippen molar-refractivity contribution in [1.82, 2.24) is 19.9 Å². The Labute approximate surface area is 119 Å². The maximum atomic E-state index is 4.45. The van der Waals surface area contributed by atoms with Gasteiger partial charge in [0.15, 0.2) is 0 Å². The highest BCUT2D eigenvalue weighted by Crippen LogP contribution is 2.19. The number of hydrogen-bond acceptors (Lipinski definition) is 4. The minimum absolute atomic E-state index is 0.961. The van der Waals surface area contributed by atoms with Gasteiger partial charge >= 0.3 is 0 Å². The number of nitrogens with one attached hydrogen (secondary N) is 1. The molecule has 1 N–H and O–H groups in total. The molecule has 106 valence electrons. The number of aromatic amines is 1. The zero-order valence-electron chi connectivity index (χ0n) is 12.1. The summed E-state index contributed by atoms with van der Waals surface area (Å²) in [5, 5.41) is 0. The molecule has 20 heavy (non-hydrogen) atoms. The maximum absolute atomic E-state index is 4.45. The van der Waals surface area contributed by atoms with Gasteiger partial charge in [-0.15, -0.1) is 0 Å². The van der Waals surface area contributed by atoms with Gasteiger partial charge in [-0.25, -0.2) is 4.98 Å². The Morgan fingerprint density at radius 3 is 2.40 bits per heavy atom. The Kier molecular flexibility index (Phi) is 3.69. The number of aromatic nitrogens is 3. The summed E-state index contributed by atoms with van der Waals surface area (Å²) in [5.41, 5.74) is 4.69. The second-order valence-electron chi connectivity index (χ2n) is 5.45. The van der Waals surface area contributed by atoms with E-state index in [9.17, 15) is 0 Å². The van der Waals surface area contributed by atoms with Crippen molar-refractivity contribution in [2.24, 2.45) is 0 Å². The van der Waals surface area contributed by atoms with Gasteiger partial charge in [-0.05, 0) is 26.0 Å². The summed E-state index contributed by atoms with van der Waals surface area (Å²) in [7, 11) is 0. The summed E-state index contributed by atoms with van der Waals surface area (Å²) in [4.78, 5) is 16.6. The standard InChI is InChI=1S/C15H21N5/c1-12-7-15(8-13(2)18-12)20-5-3-19(4-6-20)10-14-9-16-11-17-14/h7-9,11H,3-6,10H2,1-2H3,(H,16,17). The van der Waals surface area contributed by atoms with Crippen LogP contribution in [0.2, 0.25) is 0 Å². The van der Waals surface area contributed by atoms with E-state index in [0.29, 0.717) is 0 Å². The molecule has 0 spiro atoms. The monoisotopic (exact) mass is 271 g/mol. The van der Waals surface area contributed by atoms with Crippen LogP contribution in [0.25, 0.3) is 0 Å². The summed E-state index contributed by atoms with van der Waals surface area (Å²) in [5.74, 6) is 0. The van der Waals surface area contributed by atoms with Crippen molar-refractivity contribution in [3.63, 3.8) is 0 Å². The molecule has 1 saturated heterocycles. The number of H-pyrrole nitrogens is 1. The Morgan fingerprint density at radius 2 is 1.80 bits per heavy atom. The van der Waals surface area contributed by atoms with Gasteiger partial charge in [-0.3, -0.25) is 9.88 Å². The number of nitrogens with zero attached hydrogens (tertiary/aromatic N) is 4. The molecular weight excluding hydrogens is 250 g/mol. The van der Waals surface area contributed by atoms with Crippen LogP contribution < -0.4 is 4.90 Å². The summed E-state index contributed by atoms with van der Waals surface area (Å²) in [6, 6.07) is 4.36. The normalized spacial score (nSPS) is 16.6. The van der Waals surface area contributed by atoms with Crippen molar-refractivity contribution in [1.29, 1.82) is 0 Å². The van der Waals surface area contributed by atoms with Crippen molar-refractivity contribution >= 4 is 5.69 Å². The van der Waals surface area contributed by atoms with E-state index in [0.717, 1.165) is 44.1 Å². The first-order valence-electron chi connectivity index (χ1n) is 7.10. The van der Waals surface area contributed by atoms with Gasteiger partial charge in [0.2, 0.25) is 0 Å². The average molecular weight is 271 g/mol. The van der Waals surface area contributed by atoms with E-state index in [2.05, 4.69) is 50.7 Å². The summed E-state index contributed by atoms with van der Waals surface area (Å²) in [6.45, 7) is 9.38. The third kappa shape index (κ3) is 2.99. The molecule has 0 amide bonds. The first-order chi connectivity index (χ1) is 9.70. The quantitative estimate of drug-likeness (QED) is 0.924. The number of piperazine rings is 1. The second-order valence-corrected chi connectivity index (χ2v) is 5.45. The minimum atomic E-state index is 0.961. The van der Waals surface area contributed by atoms with E-state index in [1.807, 2.05) is 6.20 Å². The number of aryl methyl sites for hydroxylation is 2. The Bertz CT molecular complexity index is 535. The lowest BCUT2D eigenvalue weighted by Crippen LogP contribution is -2.46. The molecule has 0 aliphatic carbocycles. The first kappa shape index (κ1) is 13.1. The SMILES string of the molecule is Cc1cc(N2CCN(Cc3cnc[nH]3)CC2)cc(C)n1. The number of imidazole rings is 1. The third-order valence-corrected chi connectivity index (χ3v) is 3.75. The van der Waals surface area contributed by atoms with Gasteiger partial charge < -0.3 is 9.88 Å². The predicted octanol–water partition coefficient (Wildman–Crippen LogP) is 1.74. The van der Waals surface area contributed by atoms with Crippen LogP contribution in [0.1, 0.15) is 17.1 Å². The van der Waals surface area contributed by atoms with E-state index in [4.69, 9.17) is 0 Å². The van der Waals surface area contributed by atoms with Crippen LogP contribution in [-0.2, 0) is 6.54 Å². The molecule has 2 aromatic rings. The maximum Gasteiger partial charge on any atom is 0.0922 e. The molecule has 5 nitrogen and oxygen atoms in total. The van der Waals surface area contributed by atoms with Crippen molar-refractivity contribution in [2.45, 2.75) is 20.4 Å². The van der Waals surface area contributed by atoms with Crippen molar-refractivity contribution in [3.05, 3.63) is 41.7 Å². The fraction of sp³-hybridized carbons (Fsp3) is 0.467. The lowest BCUT2D eigenvalue weighted by molar-refractivity contribution is 0.247. The average Bonchev–Trinajstić information content (AvgIpc) is 2.91. The molecule has 1 fully saturated rings. The van der Waals surface area contributed by atoms with Gasteiger partial charge in [0.05, 0.1) is 6.33 Å². The van der Waals surface area contributed by atoms with Gasteiger partial charge in [-0.1, -0.05) is 0 Å². The Balaban J connectivity index is 1.60. The van der Waals surface area contributed by atoms with Gasteiger partial charge in [0, 0.05) is 61.7 Å². The zero-order valence-corrected chi connectivity index (χ0v) is 12.1. The zero-order chi connectivity index (χ0) is 13.9. The van der Waals surface area contributed by atoms with Gasteiger partial charge in [-0.2, -0.15) is 0 Å². The smallest absolute Gasteiger partial charge is 0.0922 e. The van der Waals surface area contributed by atoms with E-state index in [1.54, 1.807) is 6.33 Å². The van der Waals surface area contributed by atoms with Gasteiger partial charge in [0.25, 0.3) is 0 Å². The van der Waals surface area contributed by atoms with Crippen LogP contribution in [-0.4, -0.2) is 46.0 Å². The molecule has 0 bridgehead atoms. The largest absolute Gasteiger partial charge is 0.369 e. The molecule has 5 heteroatoms. The highest BCUT2D eigenvalue weighted by Gasteiger charge is 2.18. The number of hydrogen-bond donors (Lipinski definition) is 1. The molecular formula is C15H21N5. The molecule has 1 aliphatic rings. The first-order valence-corrected chi connectivity index (χ1v) is 7.10. The van der Waals surface area contributed by atoms with E-state index < -0.39 is 0 Å². The lowest BCUT2D eigenvalue weighted by Gasteiger charge is -2.36. The summed E-state index contributed by atoms with van der Waals surface area (Å²) in [6.07, 6.45) is 3.65. The van der Waals surface area contributed by atoms with E-state index in [1.165, 1.54) is 11.4 Å². The Hall–Kier alpha value is -1.88. The van der Waals surface area contributed by atoms with Crippen molar-refractivity contribution < 1.29 is 0 Å². The molecule has 0 atom stereocenters. The van der Waals surface area contributed by atoms with E-state index >= 15 is 0 Å². The number of rotatable bonds is 3. The summed E-state index contributed by atoms with van der Waals surface area (Å²) >= 11 is 0. The minimum Gasteiger partial charge on any atom is -0.369 e. The molecule has 0 radical (unpaired) electrons. The third-order valence-electron chi connectivity index (χ3n) is 3.75. The number of anilines is 1. The molecule has 0 saturated carbocycles. The molecule has 3 heterocycles. The van der Waals surface area contributed by atoms with Crippen LogP contribution in [0.5, 0.6) is 0 Å². The second kappa shape index (κ2) is 5.63. The van der Waals surface area contributed by atoms with Crippen LogP contribution in [0.15, 0.2) is 24.7 Å². The predicted molar refractivity (Wildman–Crippen MR) is 79.8 cm³/mol. The molecule has 0 aromatic carbocycles. The van der Waals surface area contributed by atoms with Crippen LogP contribution in [0, 0.1) is 13.8 Å². The fourth-order valence-corrected chi connectivity index (χ4v) is 2.77. The number of pyridine rings is 1. The fourth-order valence-electron chi connectivity index (χ4n) is 2.77. The van der Waals surface area contributed by atoms with Crippen molar-refractivity contribution in [3.8, 4) is 0 Å². The topological polar surface area (TPSA) is 48.0 Å². The summed E-state index contributed by atoms with van der Waals surface area (Å²) < 4.78 is 0. The molecule has 1 aliphatic heterocycles. The Morgan fingerprint density at radius 1 is 1.10 bits per heavy atom. The van der Waals surface area contributed by atoms with Crippen molar-refractivity contribution in [2.75, 3.05) is 31.1 Å². The van der Waals surface area contributed by atoms with Crippen LogP contribution in [0.3, 0.4) is 0 Å². The van der Waals surface area contributed by atoms with Crippen LogP contribution in [0.4, 0.5) is 5.69 Å². The highest BCUT2D eigenvalue weighted by molar-refractivity contribution is 5.48.